The van der Waals surface area contributed by atoms with Crippen LogP contribution in [0.3, 0.4) is 0 Å². The lowest BCUT2D eigenvalue weighted by Gasteiger charge is -2.38. The molecule has 2 aliphatic carbocycles. The maximum absolute atomic E-state index is 2.42. The minimum absolute atomic E-state index is 0.161. The van der Waals surface area contributed by atoms with Crippen LogP contribution in [0, 0.1) is 0 Å². The molecule has 0 radical (unpaired) electrons. The number of hydrogen-bond donors (Lipinski definition) is 0. The lowest BCUT2D eigenvalue weighted by Crippen LogP contribution is -2.27. The van der Waals surface area contributed by atoms with Crippen molar-refractivity contribution < 1.29 is 0 Å². The maximum Gasteiger partial charge on any atom is 0.0433 e. The van der Waals surface area contributed by atoms with Crippen LogP contribution in [0.25, 0.3) is 64.3 Å². The molecule has 7 aromatic rings. The molecule has 1 heterocycles. The highest BCUT2D eigenvalue weighted by molar-refractivity contribution is 7.26. The van der Waals surface area contributed by atoms with Gasteiger partial charge in [-0.05, 0) is 74.2 Å². The first kappa shape index (κ1) is 22.6. The van der Waals surface area contributed by atoms with Crippen molar-refractivity contribution in [2.24, 2.45) is 0 Å². The van der Waals surface area contributed by atoms with Gasteiger partial charge in [0, 0.05) is 25.6 Å². The molecule has 2 aliphatic rings. The molecule has 0 unspecified atom stereocenters. The smallest absolute Gasteiger partial charge is 0.0433 e. The molecular formula is C39H28S. The Morgan fingerprint density at radius 2 is 1.07 bits per heavy atom. The molecular weight excluding hydrogens is 500 g/mol. The Bertz CT molecular complexity index is 2100. The predicted molar refractivity (Wildman–Crippen MR) is 172 cm³/mol. The maximum atomic E-state index is 2.42. The van der Waals surface area contributed by atoms with E-state index < -0.39 is 0 Å². The molecule has 1 spiro atoms. The second-order valence-corrected chi connectivity index (χ2v) is 12.6. The van der Waals surface area contributed by atoms with Crippen molar-refractivity contribution in [3.8, 4) is 33.4 Å². The van der Waals surface area contributed by atoms with Gasteiger partial charge < -0.3 is 0 Å². The largest absolute Gasteiger partial charge is 0.135 e. The fourth-order valence-corrected chi connectivity index (χ4v) is 9.12. The molecule has 0 saturated heterocycles. The Morgan fingerprint density at radius 3 is 1.95 bits per heavy atom. The molecule has 190 valence electrons. The summed E-state index contributed by atoms with van der Waals surface area (Å²) in [6.45, 7) is 0. The van der Waals surface area contributed by atoms with E-state index in [9.17, 15) is 0 Å². The van der Waals surface area contributed by atoms with Crippen LogP contribution in [-0.4, -0.2) is 0 Å². The zero-order chi connectivity index (χ0) is 26.3. The Labute approximate surface area is 238 Å². The second-order valence-electron chi connectivity index (χ2n) is 11.6. The first-order valence-electron chi connectivity index (χ1n) is 14.5. The van der Waals surface area contributed by atoms with Gasteiger partial charge in [0.2, 0.25) is 0 Å². The van der Waals surface area contributed by atoms with Crippen molar-refractivity contribution in [1.82, 2.24) is 0 Å². The van der Waals surface area contributed by atoms with Crippen molar-refractivity contribution in [3.05, 3.63) is 132 Å². The van der Waals surface area contributed by atoms with E-state index in [1.54, 1.807) is 11.1 Å². The van der Waals surface area contributed by atoms with Crippen LogP contribution in [0.15, 0.2) is 121 Å². The van der Waals surface area contributed by atoms with E-state index in [4.69, 9.17) is 0 Å². The Morgan fingerprint density at radius 1 is 0.450 bits per heavy atom. The topological polar surface area (TPSA) is 0 Å². The fraction of sp³-hybridized carbons (Fsp3) is 0.128. The first-order valence-corrected chi connectivity index (χ1v) is 15.3. The van der Waals surface area contributed by atoms with Crippen molar-refractivity contribution >= 4 is 42.3 Å². The molecule has 0 nitrogen and oxygen atoms in total. The normalized spacial score (nSPS) is 15.3. The molecule has 0 amide bonds. The summed E-state index contributed by atoms with van der Waals surface area (Å²) in [4.78, 5) is 0. The van der Waals surface area contributed by atoms with Gasteiger partial charge in [-0.2, -0.15) is 0 Å². The highest BCUT2D eigenvalue weighted by Crippen LogP contribution is 2.56. The average Bonchev–Trinajstić information content (AvgIpc) is 3.66. The minimum Gasteiger partial charge on any atom is -0.135 e. The summed E-state index contributed by atoms with van der Waals surface area (Å²) in [5.74, 6) is 0. The van der Waals surface area contributed by atoms with E-state index >= 15 is 0 Å². The fourth-order valence-electron chi connectivity index (χ4n) is 7.88. The number of benzene rings is 6. The molecule has 1 aromatic heterocycles. The Kier molecular flexibility index (Phi) is 4.75. The van der Waals surface area contributed by atoms with Crippen molar-refractivity contribution in [2.45, 2.75) is 31.1 Å². The van der Waals surface area contributed by atoms with Crippen LogP contribution >= 0.6 is 11.3 Å². The van der Waals surface area contributed by atoms with Gasteiger partial charge in [0.05, 0.1) is 0 Å². The van der Waals surface area contributed by atoms with Crippen LogP contribution in [0.4, 0.5) is 0 Å². The molecule has 6 aromatic carbocycles. The zero-order valence-corrected chi connectivity index (χ0v) is 23.1. The summed E-state index contributed by atoms with van der Waals surface area (Å²) in [5, 5.41) is 5.56. The van der Waals surface area contributed by atoms with Gasteiger partial charge in [-0.1, -0.05) is 128 Å². The number of fused-ring (bicyclic) bond motifs is 7. The summed E-state index contributed by atoms with van der Waals surface area (Å²) in [6.07, 6.45) is 5.14. The van der Waals surface area contributed by atoms with Crippen molar-refractivity contribution in [2.75, 3.05) is 0 Å². The predicted octanol–water partition coefficient (Wildman–Crippen LogP) is 11.4. The summed E-state index contributed by atoms with van der Waals surface area (Å²) in [7, 11) is 0. The summed E-state index contributed by atoms with van der Waals surface area (Å²) < 4.78 is 2.73. The quantitative estimate of drug-likeness (QED) is 0.209. The van der Waals surface area contributed by atoms with Gasteiger partial charge in [-0.25, -0.2) is 0 Å². The van der Waals surface area contributed by atoms with E-state index in [-0.39, 0.29) is 5.41 Å². The third kappa shape index (κ3) is 3.02. The zero-order valence-electron chi connectivity index (χ0n) is 22.3. The molecule has 1 saturated carbocycles. The van der Waals surface area contributed by atoms with Gasteiger partial charge >= 0.3 is 0 Å². The number of rotatable bonds is 2. The van der Waals surface area contributed by atoms with E-state index in [1.807, 2.05) is 11.3 Å². The average molecular weight is 529 g/mol. The van der Waals surface area contributed by atoms with Gasteiger partial charge in [0.25, 0.3) is 0 Å². The van der Waals surface area contributed by atoms with E-state index in [2.05, 4.69) is 121 Å². The van der Waals surface area contributed by atoms with E-state index in [0.29, 0.717) is 0 Å². The second kappa shape index (κ2) is 8.40. The van der Waals surface area contributed by atoms with Crippen molar-refractivity contribution in [3.63, 3.8) is 0 Å². The Hall–Kier alpha value is -4.20. The molecule has 0 N–H and O–H groups in total. The summed E-state index contributed by atoms with van der Waals surface area (Å²) in [6, 6.07) is 45.8. The van der Waals surface area contributed by atoms with Crippen LogP contribution in [0.5, 0.6) is 0 Å². The van der Waals surface area contributed by atoms with Crippen LogP contribution in [-0.2, 0) is 5.41 Å². The molecule has 0 bridgehead atoms. The molecule has 40 heavy (non-hydrogen) atoms. The van der Waals surface area contributed by atoms with E-state index in [0.717, 1.165) is 0 Å². The van der Waals surface area contributed by atoms with Gasteiger partial charge in [0.15, 0.2) is 0 Å². The number of thiophene rings is 1. The molecule has 1 heteroatoms. The minimum atomic E-state index is 0.161. The van der Waals surface area contributed by atoms with Crippen LogP contribution in [0.1, 0.15) is 36.8 Å². The van der Waals surface area contributed by atoms with E-state index in [1.165, 1.54) is 90.0 Å². The van der Waals surface area contributed by atoms with Gasteiger partial charge in [-0.15, -0.1) is 11.3 Å². The van der Waals surface area contributed by atoms with Gasteiger partial charge in [0.1, 0.15) is 0 Å². The lowest BCUT2D eigenvalue weighted by molar-refractivity contribution is 0.539. The summed E-state index contributed by atoms with van der Waals surface area (Å²) in [5.41, 5.74) is 11.3. The first-order chi connectivity index (χ1) is 19.8. The highest BCUT2D eigenvalue weighted by atomic mass is 32.1. The SMILES string of the molecule is c1ccc2c(c1)-c1ccc(-c3ccc(-c4cccc5c4sc4ccccc45)cc3)c3cccc(c13)C21CCCC1. The lowest BCUT2D eigenvalue weighted by atomic mass is 9.65. The molecule has 0 aliphatic heterocycles. The highest BCUT2D eigenvalue weighted by Gasteiger charge is 2.43. The van der Waals surface area contributed by atoms with Crippen LogP contribution < -0.4 is 0 Å². The third-order valence-corrected chi connectivity index (χ3v) is 10.9. The monoisotopic (exact) mass is 528 g/mol. The molecule has 9 rings (SSSR count). The Balaban J connectivity index is 1.21. The third-order valence-electron chi connectivity index (χ3n) is 9.66. The summed E-state index contributed by atoms with van der Waals surface area (Å²) >= 11 is 1.90. The number of hydrogen-bond acceptors (Lipinski definition) is 1. The molecule has 0 atom stereocenters. The van der Waals surface area contributed by atoms with Gasteiger partial charge in [-0.3, -0.25) is 0 Å². The van der Waals surface area contributed by atoms with Crippen LogP contribution in [0.2, 0.25) is 0 Å². The molecule has 1 fully saturated rings. The van der Waals surface area contributed by atoms with Crippen molar-refractivity contribution in [1.29, 1.82) is 0 Å². The standard InChI is InChI=1S/C39H28S/c1-3-14-34-29(9-1)32-22-21-27(31-12-8-15-35(37(31)32)39(34)23-5-6-24-39)25-17-19-26(20-18-25)28-11-7-13-33-30-10-2-4-16-36(30)40-38(28)33/h1-4,7-22H,5-6,23-24H2.